The highest BCUT2D eigenvalue weighted by atomic mass is 16.5. The summed E-state index contributed by atoms with van der Waals surface area (Å²) in [5.74, 6) is 0.652. The van der Waals surface area contributed by atoms with E-state index in [1.54, 1.807) is 17.0 Å². The van der Waals surface area contributed by atoms with Crippen LogP contribution in [-0.2, 0) is 4.74 Å². The number of anilines is 1. The number of hydrogen-bond acceptors (Lipinski definition) is 5. The molecule has 4 rings (SSSR count). The fraction of sp³-hybridized carbons (Fsp3) is 0.316. The van der Waals surface area contributed by atoms with Crippen LogP contribution in [0.2, 0.25) is 0 Å². The molecule has 0 atom stereocenters. The number of nitrogens with zero attached hydrogens (tertiary/aromatic N) is 4. The molecule has 3 heterocycles. The molecule has 0 unspecified atom stereocenters. The summed E-state index contributed by atoms with van der Waals surface area (Å²) < 4.78 is 7.02. The van der Waals surface area contributed by atoms with E-state index in [0.717, 1.165) is 24.3 Å². The van der Waals surface area contributed by atoms with Crippen molar-refractivity contribution in [2.24, 2.45) is 0 Å². The van der Waals surface area contributed by atoms with Crippen LogP contribution < -0.4 is 10.5 Å². The summed E-state index contributed by atoms with van der Waals surface area (Å²) in [7, 11) is 0. The first-order valence-electron chi connectivity index (χ1n) is 8.42. The summed E-state index contributed by atoms with van der Waals surface area (Å²) >= 11 is 0. The third kappa shape index (κ3) is 2.89. The molecule has 0 bridgehead atoms. The Labute approximate surface area is 145 Å². The lowest BCUT2D eigenvalue weighted by atomic mass is 10.1. The molecule has 0 spiro atoms. The Bertz CT molecular complexity index is 990. The number of aryl methyl sites for hydroxylation is 2. The molecule has 3 aromatic rings. The van der Waals surface area contributed by atoms with Gasteiger partial charge in [0.1, 0.15) is 0 Å². The second-order valence-electron chi connectivity index (χ2n) is 6.35. The number of benzene rings is 1. The van der Waals surface area contributed by atoms with Gasteiger partial charge in [0.2, 0.25) is 5.95 Å². The summed E-state index contributed by atoms with van der Waals surface area (Å²) in [5.41, 5.74) is 3.69. The molecular formula is C19H20N4O2. The van der Waals surface area contributed by atoms with E-state index >= 15 is 0 Å². The molecule has 0 amide bonds. The van der Waals surface area contributed by atoms with Crippen LogP contribution in [0.4, 0.5) is 5.95 Å². The van der Waals surface area contributed by atoms with Gasteiger partial charge in [-0.1, -0.05) is 17.7 Å². The van der Waals surface area contributed by atoms with Crippen LogP contribution >= 0.6 is 0 Å². The van der Waals surface area contributed by atoms with E-state index < -0.39 is 0 Å². The topological polar surface area (TPSA) is 60.3 Å². The minimum atomic E-state index is -0.0991. The minimum Gasteiger partial charge on any atom is -0.378 e. The van der Waals surface area contributed by atoms with Crippen LogP contribution in [0.1, 0.15) is 11.1 Å². The zero-order valence-electron chi connectivity index (χ0n) is 14.4. The highest BCUT2D eigenvalue weighted by molar-refractivity contribution is 5.78. The van der Waals surface area contributed by atoms with Crippen molar-refractivity contribution in [2.75, 3.05) is 31.2 Å². The van der Waals surface area contributed by atoms with Crippen LogP contribution in [0.5, 0.6) is 0 Å². The highest BCUT2D eigenvalue weighted by Gasteiger charge is 2.15. The van der Waals surface area contributed by atoms with Crippen molar-refractivity contribution >= 4 is 16.9 Å². The molecule has 1 aromatic carbocycles. The van der Waals surface area contributed by atoms with Gasteiger partial charge in [0.25, 0.3) is 5.56 Å². The molecule has 1 fully saturated rings. The average molecular weight is 336 g/mol. The summed E-state index contributed by atoms with van der Waals surface area (Å²) in [6.07, 6.45) is 3.42. The van der Waals surface area contributed by atoms with Gasteiger partial charge in [0, 0.05) is 25.5 Å². The molecular weight excluding hydrogens is 316 g/mol. The first kappa shape index (κ1) is 15.8. The molecule has 0 saturated carbocycles. The quantitative estimate of drug-likeness (QED) is 0.718. The lowest BCUT2D eigenvalue weighted by Gasteiger charge is -2.26. The third-order valence-electron chi connectivity index (χ3n) is 4.54. The van der Waals surface area contributed by atoms with Crippen LogP contribution in [0.25, 0.3) is 16.6 Å². The van der Waals surface area contributed by atoms with Crippen molar-refractivity contribution in [1.29, 1.82) is 0 Å². The van der Waals surface area contributed by atoms with Crippen LogP contribution in [0.3, 0.4) is 0 Å². The van der Waals surface area contributed by atoms with Gasteiger partial charge < -0.3 is 9.64 Å². The number of ether oxygens (including phenoxy) is 1. The van der Waals surface area contributed by atoms with Crippen molar-refractivity contribution in [3.05, 3.63) is 58.1 Å². The third-order valence-corrected chi connectivity index (χ3v) is 4.54. The number of hydrogen-bond donors (Lipinski definition) is 0. The van der Waals surface area contributed by atoms with Crippen molar-refractivity contribution in [3.8, 4) is 5.69 Å². The predicted octanol–water partition coefficient (Wildman–Crippen LogP) is 2.23. The van der Waals surface area contributed by atoms with Gasteiger partial charge in [-0.25, -0.2) is 9.97 Å². The van der Waals surface area contributed by atoms with E-state index in [9.17, 15) is 4.79 Å². The van der Waals surface area contributed by atoms with E-state index in [1.807, 2.05) is 32.0 Å². The maximum absolute atomic E-state index is 12.9. The molecule has 0 N–H and O–H groups in total. The second kappa shape index (κ2) is 6.29. The Balaban J connectivity index is 1.79. The number of aromatic nitrogens is 3. The SMILES string of the molecule is Cc1ccc(-n2ccc3nc(N4CCOCC4)ncc3c2=O)c(C)c1. The fourth-order valence-corrected chi connectivity index (χ4v) is 3.20. The molecule has 25 heavy (non-hydrogen) atoms. The second-order valence-corrected chi connectivity index (χ2v) is 6.35. The largest absolute Gasteiger partial charge is 0.378 e. The van der Waals surface area contributed by atoms with E-state index in [2.05, 4.69) is 20.9 Å². The number of fused-ring (bicyclic) bond motifs is 1. The molecule has 6 nitrogen and oxygen atoms in total. The Hall–Kier alpha value is -2.73. The highest BCUT2D eigenvalue weighted by Crippen LogP contribution is 2.17. The Morgan fingerprint density at radius 1 is 1.12 bits per heavy atom. The molecule has 1 aliphatic rings. The standard InChI is InChI=1S/C19H20N4O2/c1-13-3-4-17(14(2)11-13)23-6-5-16-15(18(23)24)12-20-19(21-16)22-7-9-25-10-8-22/h3-6,11-12H,7-10H2,1-2H3. The summed E-state index contributed by atoms with van der Waals surface area (Å²) in [6, 6.07) is 7.93. The van der Waals surface area contributed by atoms with E-state index in [1.165, 1.54) is 5.56 Å². The number of morpholine rings is 1. The molecule has 128 valence electrons. The number of pyridine rings is 1. The predicted molar refractivity (Wildman–Crippen MR) is 97.6 cm³/mol. The van der Waals surface area contributed by atoms with Gasteiger partial charge in [0.05, 0.1) is 29.8 Å². The minimum absolute atomic E-state index is 0.0991. The van der Waals surface area contributed by atoms with Crippen LogP contribution in [-0.4, -0.2) is 40.8 Å². The molecule has 0 aliphatic carbocycles. The first-order chi connectivity index (χ1) is 12.1. The molecule has 1 aliphatic heterocycles. The normalized spacial score (nSPS) is 14.9. The van der Waals surface area contributed by atoms with Crippen molar-refractivity contribution in [2.45, 2.75) is 13.8 Å². The molecule has 1 saturated heterocycles. The Morgan fingerprint density at radius 3 is 2.68 bits per heavy atom. The Morgan fingerprint density at radius 2 is 1.92 bits per heavy atom. The van der Waals surface area contributed by atoms with Gasteiger partial charge in [-0.05, 0) is 31.5 Å². The summed E-state index contributed by atoms with van der Waals surface area (Å²) in [5, 5.41) is 0.527. The Kier molecular flexibility index (Phi) is 3.97. The zero-order valence-corrected chi connectivity index (χ0v) is 14.4. The summed E-state index contributed by atoms with van der Waals surface area (Å²) in [6.45, 7) is 6.94. The lowest BCUT2D eigenvalue weighted by molar-refractivity contribution is 0.122. The van der Waals surface area contributed by atoms with Crippen molar-refractivity contribution < 1.29 is 4.74 Å². The maximum atomic E-state index is 12.9. The van der Waals surface area contributed by atoms with Crippen LogP contribution in [0.15, 0.2) is 41.5 Å². The lowest BCUT2D eigenvalue weighted by Crippen LogP contribution is -2.37. The van der Waals surface area contributed by atoms with Gasteiger partial charge in [-0.2, -0.15) is 0 Å². The smallest absolute Gasteiger partial charge is 0.266 e. The van der Waals surface area contributed by atoms with Crippen LogP contribution in [0, 0.1) is 13.8 Å². The molecule has 6 heteroatoms. The average Bonchev–Trinajstić information content (AvgIpc) is 2.63. The number of rotatable bonds is 2. The van der Waals surface area contributed by atoms with Gasteiger partial charge in [-0.15, -0.1) is 0 Å². The van der Waals surface area contributed by atoms with Crippen molar-refractivity contribution in [1.82, 2.24) is 14.5 Å². The fourth-order valence-electron chi connectivity index (χ4n) is 3.20. The van der Waals surface area contributed by atoms with Gasteiger partial charge in [-0.3, -0.25) is 9.36 Å². The monoisotopic (exact) mass is 336 g/mol. The summed E-state index contributed by atoms with van der Waals surface area (Å²) in [4.78, 5) is 24.0. The maximum Gasteiger partial charge on any atom is 0.266 e. The first-order valence-corrected chi connectivity index (χ1v) is 8.42. The van der Waals surface area contributed by atoms with Gasteiger partial charge in [0.15, 0.2) is 0 Å². The molecule has 0 radical (unpaired) electrons. The molecule has 2 aromatic heterocycles. The zero-order chi connectivity index (χ0) is 17.4. The van der Waals surface area contributed by atoms with E-state index in [-0.39, 0.29) is 5.56 Å². The van der Waals surface area contributed by atoms with Gasteiger partial charge >= 0.3 is 0 Å². The van der Waals surface area contributed by atoms with E-state index in [4.69, 9.17) is 4.74 Å². The van der Waals surface area contributed by atoms with E-state index in [0.29, 0.717) is 30.1 Å². The van der Waals surface area contributed by atoms with Crippen molar-refractivity contribution in [3.63, 3.8) is 0 Å².